The first-order valence-corrected chi connectivity index (χ1v) is 9.09. The molecule has 2 heterocycles. The number of benzene rings is 1. The van der Waals surface area contributed by atoms with Gasteiger partial charge in [-0.3, -0.25) is 4.57 Å². The first-order valence-electron chi connectivity index (χ1n) is 9.09. The summed E-state index contributed by atoms with van der Waals surface area (Å²) in [5.74, 6) is 0.747. The molecule has 2 aliphatic rings. The normalized spacial score (nSPS) is 25.9. The van der Waals surface area contributed by atoms with E-state index in [-0.39, 0.29) is 5.69 Å². The number of likely N-dealkylation sites (tertiary alicyclic amines) is 1. The number of aromatic nitrogens is 2. The Balaban J connectivity index is 1.44. The van der Waals surface area contributed by atoms with Gasteiger partial charge in [0.15, 0.2) is 0 Å². The highest BCUT2D eigenvalue weighted by atomic mass is 16.5. The number of hydrogen-bond acceptors (Lipinski definition) is 3. The number of aryl methyl sites for hydroxylation is 1. The van der Waals surface area contributed by atoms with Crippen LogP contribution in [-0.4, -0.2) is 47.3 Å². The van der Waals surface area contributed by atoms with Crippen molar-refractivity contribution in [3.05, 3.63) is 34.2 Å². The van der Waals surface area contributed by atoms with Gasteiger partial charge < -0.3 is 14.6 Å². The number of hydrogen-bond donors (Lipinski definition) is 1. The lowest BCUT2D eigenvalue weighted by molar-refractivity contribution is 0.0148. The molecule has 130 valence electrons. The van der Waals surface area contributed by atoms with Gasteiger partial charge in [0.25, 0.3) is 0 Å². The highest BCUT2D eigenvalue weighted by Gasteiger charge is 2.35. The summed E-state index contributed by atoms with van der Waals surface area (Å²) >= 11 is 0. The van der Waals surface area contributed by atoms with E-state index in [0.29, 0.717) is 6.04 Å². The Kier molecular flexibility index (Phi) is 4.22. The van der Waals surface area contributed by atoms with Crippen LogP contribution in [0.15, 0.2) is 23.0 Å². The highest BCUT2D eigenvalue weighted by Crippen LogP contribution is 2.35. The molecule has 0 atom stereocenters. The third-order valence-electron chi connectivity index (χ3n) is 5.87. The zero-order valence-electron chi connectivity index (χ0n) is 14.6. The summed E-state index contributed by atoms with van der Waals surface area (Å²) < 4.78 is 7.25. The zero-order valence-corrected chi connectivity index (χ0v) is 14.6. The van der Waals surface area contributed by atoms with E-state index in [9.17, 15) is 4.79 Å². The van der Waals surface area contributed by atoms with Crippen molar-refractivity contribution in [1.29, 1.82) is 0 Å². The van der Waals surface area contributed by atoms with Gasteiger partial charge in [0, 0.05) is 38.9 Å². The highest BCUT2D eigenvalue weighted by molar-refractivity contribution is 5.76. The number of aromatic amines is 1. The van der Waals surface area contributed by atoms with Crippen molar-refractivity contribution < 1.29 is 4.74 Å². The zero-order chi connectivity index (χ0) is 16.7. The van der Waals surface area contributed by atoms with Crippen LogP contribution in [0.1, 0.15) is 37.3 Å². The second kappa shape index (κ2) is 6.37. The number of fused-ring (bicyclic) bond motifs is 1. The largest absolute Gasteiger partial charge is 0.384 e. The molecule has 1 saturated heterocycles. The summed E-state index contributed by atoms with van der Waals surface area (Å²) in [4.78, 5) is 18.1. The van der Waals surface area contributed by atoms with Gasteiger partial charge in [0.1, 0.15) is 0 Å². The minimum absolute atomic E-state index is 0.0397. The monoisotopic (exact) mass is 329 g/mol. The maximum absolute atomic E-state index is 12.4. The predicted octanol–water partition coefficient (Wildman–Crippen LogP) is 2.70. The fraction of sp³-hybridized carbons (Fsp3) is 0.632. The van der Waals surface area contributed by atoms with Gasteiger partial charge in [-0.1, -0.05) is 6.07 Å². The van der Waals surface area contributed by atoms with E-state index in [0.717, 1.165) is 55.5 Å². The van der Waals surface area contributed by atoms with Gasteiger partial charge in [-0.2, -0.15) is 0 Å². The molecule has 0 bridgehead atoms. The molecule has 2 fully saturated rings. The molecule has 2 aromatic rings. The third-order valence-corrected chi connectivity index (χ3v) is 5.87. The summed E-state index contributed by atoms with van der Waals surface area (Å²) in [6.07, 6.45) is 4.66. The summed E-state index contributed by atoms with van der Waals surface area (Å²) in [6.45, 7) is 5.17. The molecule has 5 nitrogen and oxygen atoms in total. The Labute approximate surface area is 142 Å². The maximum Gasteiger partial charge on any atom is 0.326 e. The number of H-pyrrole nitrogens is 1. The molecule has 1 aromatic heterocycles. The molecule has 1 N–H and O–H groups in total. The van der Waals surface area contributed by atoms with E-state index >= 15 is 0 Å². The second-order valence-corrected chi connectivity index (χ2v) is 7.53. The summed E-state index contributed by atoms with van der Waals surface area (Å²) in [6, 6.07) is 7.24. The first kappa shape index (κ1) is 15.9. The minimum atomic E-state index is 0.0397. The topological polar surface area (TPSA) is 50.3 Å². The molecule has 0 amide bonds. The Morgan fingerprint density at radius 2 is 1.96 bits per heavy atom. The van der Waals surface area contributed by atoms with Crippen LogP contribution >= 0.6 is 0 Å². The Morgan fingerprint density at radius 1 is 1.21 bits per heavy atom. The fourth-order valence-corrected chi connectivity index (χ4v) is 4.47. The van der Waals surface area contributed by atoms with Crippen molar-refractivity contribution in [2.75, 3.05) is 26.8 Å². The number of nitrogens with one attached hydrogen (secondary N) is 1. The number of methoxy groups -OCH3 is 1. The van der Waals surface area contributed by atoms with Gasteiger partial charge in [0.05, 0.1) is 11.0 Å². The van der Waals surface area contributed by atoms with Crippen LogP contribution < -0.4 is 5.69 Å². The van der Waals surface area contributed by atoms with E-state index in [1.165, 1.54) is 18.4 Å². The second-order valence-electron chi connectivity index (χ2n) is 7.53. The molecule has 0 unspecified atom stereocenters. The third kappa shape index (κ3) is 2.80. The number of rotatable bonds is 4. The van der Waals surface area contributed by atoms with Crippen LogP contribution in [-0.2, 0) is 4.74 Å². The van der Waals surface area contributed by atoms with Crippen molar-refractivity contribution in [2.24, 2.45) is 5.92 Å². The summed E-state index contributed by atoms with van der Waals surface area (Å²) in [5.41, 5.74) is 3.25. The van der Waals surface area contributed by atoms with Crippen LogP contribution in [0, 0.1) is 12.8 Å². The van der Waals surface area contributed by atoms with Crippen molar-refractivity contribution in [3.63, 3.8) is 0 Å². The number of nitrogens with zero attached hydrogens (tertiary/aromatic N) is 2. The Morgan fingerprint density at radius 3 is 2.67 bits per heavy atom. The van der Waals surface area contributed by atoms with Crippen molar-refractivity contribution >= 4 is 11.0 Å². The minimum Gasteiger partial charge on any atom is -0.384 e. The fourth-order valence-electron chi connectivity index (χ4n) is 4.47. The van der Waals surface area contributed by atoms with E-state index < -0.39 is 0 Å². The molecule has 1 saturated carbocycles. The number of piperidine rings is 1. The molecule has 24 heavy (non-hydrogen) atoms. The standard InChI is InChI=1S/C19H27N3O2/c1-13-3-4-17-18(9-13)22(19(23)20-17)15-5-7-21(8-6-15)16-10-14(11-16)12-24-2/h3-4,9,14-16H,5-8,10-12H2,1-2H3,(H,20,23). The number of imidazole rings is 1. The lowest BCUT2D eigenvalue weighted by atomic mass is 9.79. The van der Waals surface area contributed by atoms with Gasteiger partial charge >= 0.3 is 5.69 Å². The quantitative estimate of drug-likeness (QED) is 0.938. The average molecular weight is 329 g/mol. The van der Waals surface area contributed by atoms with Crippen molar-refractivity contribution in [2.45, 2.75) is 44.7 Å². The Hall–Kier alpha value is -1.59. The smallest absolute Gasteiger partial charge is 0.326 e. The molecule has 0 radical (unpaired) electrons. The van der Waals surface area contributed by atoms with Crippen LogP contribution in [0.4, 0.5) is 0 Å². The van der Waals surface area contributed by atoms with Crippen molar-refractivity contribution in [1.82, 2.24) is 14.5 Å². The summed E-state index contributed by atoms with van der Waals surface area (Å²) in [5, 5.41) is 0. The molecule has 1 aliphatic heterocycles. The lowest BCUT2D eigenvalue weighted by Gasteiger charge is -2.45. The summed E-state index contributed by atoms with van der Waals surface area (Å²) in [7, 11) is 1.79. The van der Waals surface area contributed by atoms with Crippen LogP contribution in [0.3, 0.4) is 0 Å². The Bertz CT molecular complexity index is 765. The average Bonchev–Trinajstić information content (AvgIpc) is 2.86. The van der Waals surface area contributed by atoms with Crippen LogP contribution in [0.2, 0.25) is 0 Å². The molecular formula is C19H27N3O2. The predicted molar refractivity (Wildman–Crippen MR) is 95.5 cm³/mol. The molecular weight excluding hydrogens is 302 g/mol. The van der Waals surface area contributed by atoms with E-state index in [1.54, 1.807) is 7.11 Å². The number of ether oxygens (including phenoxy) is 1. The SMILES string of the molecule is COCC1CC(N2CCC(n3c(=O)[nH]c4ccc(C)cc43)CC2)C1. The maximum atomic E-state index is 12.4. The van der Waals surface area contributed by atoms with E-state index in [4.69, 9.17) is 4.74 Å². The molecule has 4 rings (SSSR count). The first-order chi connectivity index (χ1) is 11.7. The van der Waals surface area contributed by atoms with Gasteiger partial charge in [-0.15, -0.1) is 0 Å². The van der Waals surface area contributed by atoms with Gasteiger partial charge in [0.2, 0.25) is 0 Å². The molecule has 1 aliphatic carbocycles. The van der Waals surface area contributed by atoms with E-state index in [2.05, 4.69) is 28.9 Å². The molecule has 5 heteroatoms. The lowest BCUT2D eigenvalue weighted by Crippen LogP contribution is -2.49. The van der Waals surface area contributed by atoms with E-state index in [1.807, 2.05) is 10.6 Å². The van der Waals surface area contributed by atoms with Crippen molar-refractivity contribution in [3.8, 4) is 0 Å². The van der Waals surface area contributed by atoms with Crippen LogP contribution in [0.25, 0.3) is 11.0 Å². The van der Waals surface area contributed by atoms with Gasteiger partial charge in [-0.25, -0.2) is 4.79 Å². The molecule has 1 aromatic carbocycles. The van der Waals surface area contributed by atoms with Crippen LogP contribution in [0.5, 0.6) is 0 Å². The molecule has 0 spiro atoms. The van der Waals surface area contributed by atoms with Gasteiger partial charge in [-0.05, 0) is 56.2 Å².